The van der Waals surface area contributed by atoms with Gasteiger partial charge >= 0.3 is 0 Å². The SMILES string of the molecule is Cc1ccccc1C(NN)C(C)(C)N1CCOCC1. The first-order valence-corrected chi connectivity index (χ1v) is 6.92. The van der Waals surface area contributed by atoms with E-state index in [1.165, 1.54) is 11.1 Å². The molecule has 0 aromatic heterocycles. The van der Waals surface area contributed by atoms with Gasteiger partial charge in [0, 0.05) is 18.6 Å². The summed E-state index contributed by atoms with van der Waals surface area (Å²) in [6.45, 7) is 10.1. The zero-order chi connectivity index (χ0) is 13.9. The van der Waals surface area contributed by atoms with Crippen LogP contribution in [0.25, 0.3) is 0 Å². The molecule has 106 valence electrons. The van der Waals surface area contributed by atoms with Crippen molar-refractivity contribution in [1.82, 2.24) is 10.3 Å². The van der Waals surface area contributed by atoms with Crippen LogP contribution in [-0.2, 0) is 4.74 Å². The second-order valence-electron chi connectivity index (χ2n) is 5.71. The van der Waals surface area contributed by atoms with Crippen molar-refractivity contribution in [3.63, 3.8) is 0 Å². The monoisotopic (exact) mass is 263 g/mol. The lowest BCUT2D eigenvalue weighted by Gasteiger charge is -2.46. The van der Waals surface area contributed by atoms with Crippen molar-refractivity contribution in [2.24, 2.45) is 5.84 Å². The van der Waals surface area contributed by atoms with Crippen molar-refractivity contribution in [3.05, 3.63) is 35.4 Å². The minimum absolute atomic E-state index is 0.0509. The number of benzene rings is 1. The Kier molecular flexibility index (Phi) is 4.58. The maximum Gasteiger partial charge on any atom is 0.0641 e. The number of rotatable bonds is 4. The summed E-state index contributed by atoms with van der Waals surface area (Å²) in [5.74, 6) is 5.86. The van der Waals surface area contributed by atoms with Crippen molar-refractivity contribution >= 4 is 0 Å². The molecule has 0 saturated carbocycles. The predicted molar refractivity (Wildman–Crippen MR) is 77.7 cm³/mol. The van der Waals surface area contributed by atoms with Gasteiger partial charge in [0.2, 0.25) is 0 Å². The number of hydrogen-bond donors (Lipinski definition) is 2. The van der Waals surface area contributed by atoms with Gasteiger partial charge in [-0.05, 0) is 31.9 Å². The van der Waals surface area contributed by atoms with Crippen molar-refractivity contribution in [2.75, 3.05) is 26.3 Å². The fraction of sp³-hybridized carbons (Fsp3) is 0.600. The van der Waals surface area contributed by atoms with Crippen molar-refractivity contribution < 1.29 is 4.74 Å². The van der Waals surface area contributed by atoms with Gasteiger partial charge in [0.15, 0.2) is 0 Å². The maximum absolute atomic E-state index is 5.86. The van der Waals surface area contributed by atoms with Gasteiger partial charge in [-0.2, -0.15) is 0 Å². The first-order valence-electron chi connectivity index (χ1n) is 6.92. The molecule has 3 N–H and O–H groups in total. The van der Waals surface area contributed by atoms with Crippen LogP contribution in [0.15, 0.2) is 24.3 Å². The molecular formula is C15H25N3O. The molecule has 19 heavy (non-hydrogen) atoms. The van der Waals surface area contributed by atoms with E-state index in [0.29, 0.717) is 0 Å². The van der Waals surface area contributed by atoms with Crippen LogP contribution >= 0.6 is 0 Å². The maximum atomic E-state index is 5.86. The Labute approximate surface area is 115 Å². The van der Waals surface area contributed by atoms with Crippen LogP contribution in [0.2, 0.25) is 0 Å². The first kappa shape index (κ1) is 14.5. The van der Waals surface area contributed by atoms with Crippen LogP contribution in [0.5, 0.6) is 0 Å². The summed E-state index contributed by atoms with van der Waals surface area (Å²) in [6, 6.07) is 8.53. The highest BCUT2D eigenvalue weighted by molar-refractivity contribution is 5.31. The largest absolute Gasteiger partial charge is 0.379 e. The molecule has 1 atom stereocenters. The van der Waals surface area contributed by atoms with E-state index in [4.69, 9.17) is 10.6 Å². The van der Waals surface area contributed by atoms with Gasteiger partial charge in [0.1, 0.15) is 0 Å². The number of nitrogens with zero attached hydrogens (tertiary/aromatic N) is 1. The predicted octanol–water partition coefficient (Wildman–Crippen LogP) is 1.61. The van der Waals surface area contributed by atoms with E-state index in [9.17, 15) is 0 Å². The van der Waals surface area contributed by atoms with Crippen LogP contribution in [0.3, 0.4) is 0 Å². The quantitative estimate of drug-likeness (QED) is 0.640. The van der Waals surface area contributed by atoms with Crippen LogP contribution < -0.4 is 11.3 Å². The van der Waals surface area contributed by atoms with E-state index < -0.39 is 0 Å². The Morgan fingerprint density at radius 1 is 1.26 bits per heavy atom. The smallest absolute Gasteiger partial charge is 0.0641 e. The highest BCUT2D eigenvalue weighted by Crippen LogP contribution is 2.32. The van der Waals surface area contributed by atoms with E-state index in [1.54, 1.807) is 0 Å². The zero-order valence-corrected chi connectivity index (χ0v) is 12.1. The summed E-state index contributed by atoms with van der Waals surface area (Å²) < 4.78 is 5.44. The van der Waals surface area contributed by atoms with Crippen LogP contribution in [0.4, 0.5) is 0 Å². The van der Waals surface area contributed by atoms with Crippen LogP contribution in [-0.4, -0.2) is 36.7 Å². The average Bonchev–Trinajstić information content (AvgIpc) is 2.42. The van der Waals surface area contributed by atoms with Crippen molar-refractivity contribution in [2.45, 2.75) is 32.4 Å². The normalized spacial score (nSPS) is 19.4. The van der Waals surface area contributed by atoms with Gasteiger partial charge in [-0.15, -0.1) is 0 Å². The van der Waals surface area contributed by atoms with Gasteiger partial charge in [0.25, 0.3) is 0 Å². The number of nitrogens with two attached hydrogens (primary N) is 1. The summed E-state index contributed by atoms with van der Waals surface area (Å²) in [4.78, 5) is 2.45. The molecule has 0 radical (unpaired) electrons. The third-order valence-electron chi connectivity index (χ3n) is 4.20. The standard InChI is InChI=1S/C15H25N3O/c1-12-6-4-5-7-13(12)14(17-16)15(2,3)18-8-10-19-11-9-18/h4-7,14,17H,8-11,16H2,1-3H3. The Hall–Kier alpha value is -0.940. The number of aryl methyl sites for hydroxylation is 1. The Balaban J connectivity index is 2.27. The van der Waals surface area contributed by atoms with E-state index in [2.05, 4.69) is 55.4 Å². The highest BCUT2D eigenvalue weighted by Gasteiger charge is 2.37. The number of hydrogen-bond acceptors (Lipinski definition) is 4. The second kappa shape index (κ2) is 6.01. The molecule has 1 aromatic rings. The van der Waals surface area contributed by atoms with Crippen LogP contribution in [0.1, 0.15) is 31.0 Å². The summed E-state index contributed by atoms with van der Waals surface area (Å²) in [5.41, 5.74) is 5.50. The molecule has 0 spiro atoms. The Morgan fingerprint density at radius 3 is 2.47 bits per heavy atom. The number of nitrogens with one attached hydrogen (secondary N) is 1. The average molecular weight is 263 g/mol. The molecule has 1 saturated heterocycles. The van der Waals surface area contributed by atoms with Gasteiger partial charge in [-0.1, -0.05) is 24.3 Å². The van der Waals surface area contributed by atoms with Crippen molar-refractivity contribution in [3.8, 4) is 0 Å². The lowest BCUT2D eigenvalue weighted by atomic mass is 9.85. The molecule has 0 aliphatic carbocycles. The molecule has 2 rings (SSSR count). The molecule has 1 fully saturated rings. The number of ether oxygens (including phenoxy) is 1. The lowest BCUT2D eigenvalue weighted by molar-refractivity contribution is -0.0239. The molecule has 1 aliphatic rings. The summed E-state index contributed by atoms with van der Waals surface area (Å²) in [6.07, 6.45) is 0. The van der Waals surface area contributed by atoms with E-state index in [1.807, 2.05) is 0 Å². The molecule has 1 heterocycles. The highest BCUT2D eigenvalue weighted by atomic mass is 16.5. The third-order valence-corrected chi connectivity index (χ3v) is 4.20. The minimum Gasteiger partial charge on any atom is -0.379 e. The summed E-state index contributed by atoms with van der Waals surface area (Å²) in [5, 5.41) is 0. The third kappa shape index (κ3) is 2.98. The number of hydrazine groups is 1. The minimum atomic E-state index is -0.0509. The van der Waals surface area contributed by atoms with Gasteiger partial charge in [0.05, 0.1) is 19.3 Å². The zero-order valence-electron chi connectivity index (χ0n) is 12.1. The van der Waals surface area contributed by atoms with Crippen LogP contribution in [0, 0.1) is 6.92 Å². The van der Waals surface area contributed by atoms with Gasteiger partial charge in [-0.3, -0.25) is 16.2 Å². The second-order valence-corrected chi connectivity index (χ2v) is 5.71. The van der Waals surface area contributed by atoms with E-state index >= 15 is 0 Å². The molecule has 0 bridgehead atoms. The molecule has 1 aliphatic heterocycles. The topological polar surface area (TPSA) is 50.5 Å². The Morgan fingerprint density at radius 2 is 1.89 bits per heavy atom. The Bertz CT molecular complexity index is 414. The molecular weight excluding hydrogens is 238 g/mol. The first-order chi connectivity index (χ1) is 9.07. The molecule has 1 aromatic carbocycles. The molecule has 4 heteroatoms. The molecule has 4 nitrogen and oxygen atoms in total. The lowest BCUT2D eigenvalue weighted by Crippen LogP contribution is -2.57. The van der Waals surface area contributed by atoms with E-state index in [-0.39, 0.29) is 11.6 Å². The molecule has 0 amide bonds. The number of morpholine rings is 1. The molecule has 1 unspecified atom stereocenters. The fourth-order valence-electron chi connectivity index (χ4n) is 2.91. The van der Waals surface area contributed by atoms with Gasteiger partial charge in [-0.25, -0.2) is 0 Å². The fourth-order valence-corrected chi connectivity index (χ4v) is 2.91. The summed E-state index contributed by atoms with van der Waals surface area (Å²) in [7, 11) is 0. The van der Waals surface area contributed by atoms with E-state index in [0.717, 1.165) is 26.3 Å². The van der Waals surface area contributed by atoms with Crippen molar-refractivity contribution in [1.29, 1.82) is 0 Å². The summed E-state index contributed by atoms with van der Waals surface area (Å²) >= 11 is 0. The van der Waals surface area contributed by atoms with Gasteiger partial charge < -0.3 is 4.74 Å².